The monoisotopic (exact) mass is 159 g/mol. The number of aliphatic hydroxyl groups excluding tert-OH is 1. The van der Waals surface area contributed by atoms with Crippen LogP contribution in [-0.4, -0.2) is 24.3 Å². The van der Waals surface area contributed by atoms with E-state index in [0.717, 1.165) is 5.57 Å². The van der Waals surface area contributed by atoms with E-state index >= 15 is 0 Å². The van der Waals surface area contributed by atoms with E-state index in [0.29, 0.717) is 0 Å². The summed E-state index contributed by atoms with van der Waals surface area (Å²) < 4.78 is 4.30. The molecular formula is C7H13NO3. The van der Waals surface area contributed by atoms with Crippen molar-refractivity contribution in [3.63, 3.8) is 0 Å². The third kappa shape index (κ3) is 3.62. The number of carbonyl (C=O) groups is 1. The van der Waals surface area contributed by atoms with E-state index in [-0.39, 0.29) is 6.42 Å². The zero-order chi connectivity index (χ0) is 8.85. The maximum Gasteiger partial charge on any atom is 0.335 e. The molecule has 64 valence electrons. The van der Waals surface area contributed by atoms with Gasteiger partial charge in [-0.05, 0) is 13.1 Å². The molecule has 0 spiro atoms. The Kier molecular flexibility index (Phi) is 4.29. The van der Waals surface area contributed by atoms with Gasteiger partial charge in [0.05, 0.1) is 7.11 Å². The second-order valence-corrected chi connectivity index (χ2v) is 2.26. The number of nitrogens with two attached hydrogens (primary N) is 1. The molecule has 0 saturated heterocycles. The fraction of sp³-hybridized carbons (Fsp3) is 0.571. The molecule has 0 radical (unpaired) electrons. The van der Waals surface area contributed by atoms with Gasteiger partial charge < -0.3 is 15.6 Å². The standard InChI is InChI=1S/C7H13NO3/c1-5(4-8)3-6(9)7(10)11-2/h4,6,9H,3,8H2,1-2H3/b5-4+. The van der Waals surface area contributed by atoms with Crippen molar-refractivity contribution in [1.29, 1.82) is 0 Å². The molecule has 3 N–H and O–H groups in total. The maximum atomic E-state index is 10.6. The number of aliphatic hydroxyl groups is 1. The van der Waals surface area contributed by atoms with E-state index in [1.165, 1.54) is 13.3 Å². The van der Waals surface area contributed by atoms with E-state index < -0.39 is 12.1 Å². The minimum atomic E-state index is -1.10. The Morgan fingerprint density at radius 3 is 2.73 bits per heavy atom. The van der Waals surface area contributed by atoms with Crippen LogP contribution in [0.4, 0.5) is 0 Å². The van der Waals surface area contributed by atoms with Gasteiger partial charge in [0.15, 0.2) is 6.10 Å². The summed E-state index contributed by atoms with van der Waals surface area (Å²) in [7, 11) is 1.23. The Bertz CT molecular complexity index is 165. The molecule has 0 aromatic rings. The predicted octanol–water partition coefficient (Wildman–Crippen LogP) is -0.227. The van der Waals surface area contributed by atoms with Crippen LogP contribution in [-0.2, 0) is 9.53 Å². The molecule has 0 bridgehead atoms. The highest BCUT2D eigenvalue weighted by molar-refractivity contribution is 5.74. The first-order valence-electron chi connectivity index (χ1n) is 3.25. The van der Waals surface area contributed by atoms with Crippen LogP contribution >= 0.6 is 0 Å². The molecule has 0 saturated carbocycles. The number of esters is 1. The average Bonchev–Trinajstić information content (AvgIpc) is 2.02. The highest BCUT2D eigenvalue weighted by Crippen LogP contribution is 2.03. The van der Waals surface area contributed by atoms with Gasteiger partial charge in [-0.3, -0.25) is 0 Å². The normalized spacial score (nSPS) is 14.3. The largest absolute Gasteiger partial charge is 0.467 e. The van der Waals surface area contributed by atoms with Crippen LogP contribution in [0.3, 0.4) is 0 Å². The van der Waals surface area contributed by atoms with Crippen LogP contribution in [0.15, 0.2) is 11.8 Å². The summed E-state index contributed by atoms with van der Waals surface area (Å²) >= 11 is 0. The van der Waals surface area contributed by atoms with E-state index in [2.05, 4.69) is 4.74 Å². The van der Waals surface area contributed by atoms with Crippen LogP contribution in [0.2, 0.25) is 0 Å². The topological polar surface area (TPSA) is 72.5 Å². The fourth-order valence-electron chi connectivity index (χ4n) is 0.592. The van der Waals surface area contributed by atoms with E-state index in [9.17, 15) is 4.79 Å². The number of hydrogen-bond acceptors (Lipinski definition) is 4. The molecule has 0 rings (SSSR count). The van der Waals surface area contributed by atoms with Crippen LogP contribution < -0.4 is 5.73 Å². The lowest BCUT2D eigenvalue weighted by Gasteiger charge is -2.06. The van der Waals surface area contributed by atoms with Crippen LogP contribution in [0.25, 0.3) is 0 Å². The highest BCUT2D eigenvalue weighted by atomic mass is 16.5. The number of rotatable bonds is 3. The minimum absolute atomic E-state index is 0.225. The quantitative estimate of drug-likeness (QED) is 0.558. The number of carbonyl (C=O) groups excluding carboxylic acids is 1. The molecule has 1 atom stereocenters. The van der Waals surface area contributed by atoms with Crippen molar-refractivity contribution in [2.24, 2.45) is 5.73 Å². The van der Waals surface area contributed by atoms with Crippen molar-refractivity contribution >= 4 is 5.97 Å². The van der Waals surface area contributed by atoms with Gasteiger partial charge in [0.2, 0.25) is 0 Å². The lowest BCUT2D eigenvalue weighted by molar-refractivity contribution is -0.150. The van der Waals surface area contributed by atoms with E-state index in [4.69, 9.17) is 10.8 Å². The molecule has 11 heavy (non-hydrogen) atoms. The molecule has 0 fully saturated rings. The van der Waals surface area contributed by atoms with Gasteiger partial charge in [0.1, 0.15) is 0 Å². The summed E-state index contributed by atoms with van der Waals surface area (Å²) in [5.41, 5.74) is 5.89. The highest BCUT2D eigenvalue weighted by Gasteiger charge is 2.14. The second kappa shape index (κ2) is 4.73. The Morgan fingerprint density at radius 2 is 2.36 bits per heavy atom. The number of hydrogen-bond donors (Lipinski definition) is 2. The first kappa shape index (κ1) is 9.97. The van der Waals surface area contributed by atoms with Gasteiger partial charge in [-0.2, -0.15) is 0 Å². The fourth-order valence-corrected chi connectivity index (χ4v) is 0.592. The Morgan fingerprint density at radius 1 is 1.82 bits per heavy atom. The van der Waals surface area contributed by atoms with Crippen molar-refractivity contribution < 1.29 is 14.6 Å². The molecule has 0 heterocycles. The summed E-state index contributed by atoms with van der Waals surface area (Å²) in [5.74, 6) is -0.633. The second-order valence-electron chi connectivity index (χ2n) is 2.26. The molecule has 0 aliphatic heterocycles. The van der Waals surface area contributed by atoms with E-state index in [1.807, 2.05) is 0 Å². The Labute approximate surface area is 65.6 Å². The first-order valence-corrected chi connectivity index (χ1v) is 3.25. The van der Waals surface area contributed by atoms with Gasteiger partial charge in [-0.25, -0.2) is 4.79 Å². The average molecular weight is 159 g/mol. The van der Waals surface area contributed by atoms with E-state index in [1.54, 1.807) is 6.92 Å². The first-order chi connectivity index (χ1) is 5.11. The summed E-state index contributed by atoms with van der Waals surface area (Å²) in [5, 5.41) is 9.05. The molecular weight excluding hydrogens is 146 g/mol. The van der Waals surface area contributed by atoms with Crippen LogP contribution in [0, 0.1) is 0 Å². The molecule has 0 aliphatic carbocycles. The summed E-state index contributed by atoms with van der Waals surface area (Å²) in [4.78, 5) is 10.6. The van der Waals surface area contributed by atoms with Crippen molar-refractivity contribution in [1.82, 2.24) is 0 Å². The summed E-state index contributed by atoms with van der Waals surface area (Å²) in [6, 6.07) is 0. The van der Waals surface area contributed by atoms with Gasteiger partial charge in [-0.1, -0.05) is 5.57 Å². The molecule has 0 aromatic heterocycles. The molecule has 4 nitrogen and oxygen atoms in total. The van der Waals surface area contributed by atoms with Gasteiger partial charge in [0, 0.05) is 6.42 Å². The summed E-state index contributed by atoms with van der Waals surface area (Å²) in [6.07, 6.45) is 0.481. The van der Waals surface area contributed by atoms with Crippen LogP contribution in [0.1, 0.15) is 13.3 Å². The number of methoxy groups -OCH3 is 1. The molecule has 0 amide bonds. The van der Waals surface area contributed by atoms with Gasteiger partial charge >= 0.3 is 5.97 Å². The van der Waals surface area contributed by atoms with Crippen molar-refractivity contribution in [3.05, 3.63) is 11.8 Å². The van der Waals surface area contributed by atoms with Crippen molar-refractivity contribution in [2.45, 2.75) is 19.4 Å². The SMILES string of the molecule is COC(=O)C(O)C/C(C)=C/N. The smallest absolute Gasteiger partial charge is 0.335 e. The van der Waals surface area contributed by atoms with Crippen molar-refractivity contribution in [3.8, 4) is 0 Å². The zero-order valence-electron chi connectivity index (χ0n) is 6.70. The van der Waals surface area contributed by atoms with Crippen LogP contribution in [0.5, 0.6) is 0 Å². The predicted molar refractivity (Wildman–Crippen MR) is 40.6 cm³/mol. The Hall–Kier alpha value is -1.03. The molecule has 0 aliphatic rings. The molecule has 1 unspecified atom stereocenters. The zero-order valence-corrected chi connectivity index (χ0v) is 6.70. The Balaban J connectivity index is 3.87. The maximum absolute atomic E-state index is 10.6. The van der Waals surface area contributed by atoms with Gasteiger partial charge in [0.25, 0.3) is 0 Å². The number of ether oxygens (including phenoxy) is 1. The lowest BCUT2D eigenvalue weighted by Crippen LogP contribution is -2.21. The summed E-state index contributed by atoms with van der Waals surface area (Å²) in [6.45, 7) is 1.73. The van der Waals surface area contributed by atoms with Crippen molar-refractivity contribution in [2.75, 3.05) is 7.11 Å². The third-order valence-electron chi connectivity index (χ3n) is 1.27. The minimum Gasteiger partial charge on any atom is -0.467 e. The molecule has 0 aromatic carbocycles. The van der Waals surface area contributed by atoms with Gasteiger partial charge in [-0.15, -0.1) is 0 Å². The molecule has 4 heteroatoms. The third-order valence-corrected chi connectivity index (χ3v) is 1.27. The lowest BCUT2D eigenvalue weighted by atomic mass is 10.1.